The summed E-state index contributed by atoms with van der Waals surface area (Å²) in [5, 5.41) is 7.74. The van der Waals surface area contributed by atoms with Crippen LogP contribution in [-0.4, -0.2) is 46.3 Å². The minimum absolute atomic E-state index is 0.0827. The van der Waals surface area contributed by atoms with Crippen LogP contribution in [0.15, 0.2) is 24.3 Å². The third-order valence-corrected chi connectivity index (χ3v) is 6.05. The van der Waals surface area contributed by atoms with Crippen LogP contribution in [0.2, 0.25) is 0 Å². The van der Waals surface area contributed by atoms with Gasteiger partial charge in [-0.15, -0.1) is 0 Å². The topological polar surface area (TPSA) is 50.2 Å². The number of hydrogen-bond donors (Lipinski definition) is 1. The van der Waals surface area contributed by atoms with Crippen LogP contribution < -0.4 is 5.32 Å². The van der Waals surface area contributed by atoms with Gasteiger partial charge < -0.3 is 10.2 Å². The van der Waals surface area contributed by atoms with E-state index in [4.69, 9.17) is 0 Å². The number of nitrogens with one attached hydrogen (secondary N) is 1. The van der Waals surface area contributed by atoms with Crippen molar-refractivity contribution in [2.24, 2.45) is 5.92 Å². The Morgan fingerprint density at radius 3 is 2.79 bits per heavy atom. The predicted octanol–water partition coefficient (Wildman–Crippen LogP) is 3.35. The molecule has 1 aliphatic heterocycles. The number of carbonyl (C=O) groups excluding carboxylic acids is 1. The Morgan fingerprint density at radius 1 is 1.25 bits per heavy atom. The van der Waals surface area contributed by atoms with Gasteiger partial charge in [-0.2, -0.15) is 5.10 Å². The van der Waals surface area contributed by atoms with E-state index in [0.717, 1.165) is 55.7 Å². The molecule has 1 aromatic heterocycles. The van der Waals surface area contributed by atoms with E-state index in [1.807, 2.05) is 4.68 Å². The maximum atomic E-state index is 13.3. The largest absolute Gasteiger partial charge is 0.350 e. The SMILES string of the molecule is CC(C)N1CCCC(CNC(=O)c2nn(-c3ccc(F)cc3)c3c2CCC3)C1. The first-order valence-electron chi connectivity index (χ1n) is 10.4. The number of likely N-dealkylation sites (tertiary alicyclic amines) is 1. The second kappa shape index (κ2) is 8.03. The quantitative estimate of drug-likeness (QED) is 0.860. The van der Waals surface area contributed by atoms with E-state index >= 15 is 0 Å². The monoisotopic (exact) mass is 384 g/mol. The van der Waals surface area contributed by atoms with Gasteiger partial charge in [0.2, 0.25) is 0 Å². The van der Waals surface area contributed by atoms with Crippen LogP contribution in [0.5, 0.6) is 0 Å². The zero-order valence-corrected chi connectivity index (χ0v) is 16.7. The summed E-state index contributed by atoms with van der Waals surface area (Å²) in [6.45, 7) is 7.34. The van der Waals surface area contributed by atoms with Gasteiger partial charge in [-0.3, -0.25) is 4.79 Å². The summed E-state index contributed by atoms with van der Waals surface area (Å²) < 4.78 is 15.1. The highest BCUT2D eigenvalue weighted by Crippen LogP contribution is 2.28. The van der Waals surface area contributed by atoms with Gasteiger partial charge in [0.15, 0.2) is 5.69 Å². The lowest BCUT2D eigenvalue weighted by molar-refractivity contribution is 0.0916. The summed E-state index contributed by atoms with van der Waals surface area (Å²) in [6.07, 6.45) is 5.16. The van der Waals surface area contributed by atoms with E-state index in [1.54, 1.807) is 12.1 Å². The molecule has 1 amide bonds. The van der Waals surface area contributed by atoms with E-state index in [2.05, 4.69) is 29.2 Å². The van der Waals surface area contributed by atoms with E-state index < -0.39 is 0 Å². The standard InChI is InChI=1S/C22H29FN4O/c1-15(2)26-12-4-5-16(14-26)13-24-22(28)21-19-6-3-7-20(19)27(25-21)18-10-8-17(23)9-11-18/h8-11,15-16H,3-7,12-14H2,1-2H3,(H,24,28). The first-order valence-corrected chi connectivity index (χ1v) is 10.4. The van der Waals surface area contributed by atoms with Crippen molar-refractivity contribution in [3.63, 3.8) is 0 Å². The van der Waals surface area contributed by atoms with Crippen LogP contribution in [0.3, 0.4) is 0 Å². The lowest BCUT2D eigenvalue weighted by atomic mass is 9.97. The Balaban J connectivity index is 1.48. The lowest BCUT2D eigenvalue weighted by Gasteiger charge is -2.35. The Morgan fingerprint density at radius 2 is 2.04 bits per heavy atom. The third-order valence-electron chi connectivity index (χ3n) is 6.05. The Labute approximate surface area is 165 Å². The zero-order chi connectivity index (χ0) is 19.7. The summed E-state index contributed by atoms with van der Waals surface area (Å²) in [5.74, 6) is 0.140. The number of hydrogen-bond acceptors (Lipinski definition) is 3. The summed E-state index contributed by atoms with van der Waals surface area (Å²) in [5.41, 5.74) is 3.47. The first-order chi connectivity index (χ1) is 13.5. The molecule has 0 saturated carbocycles. The average molecular weight is 384 g/mol. The molecule has 1 unspecified atom stereocenters. The molecule has 0 radical (unpaired) electrons. The second-order valence-corrected chi connectivity index (χ2v) is 8.32. The van der Waals surface area contributed by atoms with Gasteiger partial charge in [0, 0.05) is 30.4 Å². The number of rotatable bonds is 5. The fourth-order valence-electron chi connectivity index (χ4n) is 4.47. The molecule has 1 N–H and O–H groups in total. The van der Waals surface area contributed by atoms with Crippen molar-refractivity contribution in [2.45, 2.75) is 52.0 Å². The van der Waals surface area contributed by atoms with Gasteiger partial charge >= 0.3 is 0 Å². The molecule has 1 atom stereocenters. The minimum Gasteiger partial charge on any atom is -0.350 e. The van der Waals surface area contributed by atoms with Crippen molar-refractivity contribution in [1.29, 1.82) is 0 Å². The molecule has 150 valence electrons. The summed E-state index contributed by atoms with van der Waals surface area (Å²) in [7, 11) is 0. The molecular formula is C22H29FN4O. The van der Waals surface area contributed by atoms with Crippen molar-refractivity contribution in [1.82, 2.24) is 20.0 Å². The molecule has 0 bridgehead atoms. The third kappa shape index (κ3) is 3.83. The van der Waals surface area contributed by atoms with Gasteiger partial charge in [-0.05, 0) is 82.7 Å². The number of aromatic nitrogens is 2. The number of benzene rings is 1. The summed E-state index contributed by atoms with van der Waals surface area (Å²) >= 11 is 0. The molecule has 1 aliphatic carbocycles. The maximum absolute atomic E-state index is 13.3. The maximum Gasteiger partial charge on any atom is 0.272 e. The van der Waals surface area contributed by atoms with E-state index in [1.165, 1.54) is 18.6 Å². The molecule has 2 heterocycles. The van der Waals surface area contributed by atoms with Crippen LogP contribution in [0, 0.1) is 11.7 Å². The molecule has 1 saturated heterocycles. The fraction of sp³-hybridized carbons (Fsp3) is 0.545. The summed E-state index contributed by atoms with van der Waals surface area (Å²) in [6, 6.07) is 6.84. The number of halogens is 1. The molecule has 6 heteroatoms. The number of amides is 1. The fourth-order valence-corrected chi connectivity index (χ4v) is 4.47. The minimum atomic E-state index is -0.270. The smallest absolute Gasteiger partial charge is 0.272 e. The Bertz CT molecular complexity index is 843. The Kier molecular flexibility index (Phi) is 5.49. The number of nitrogens with zero attached hydrogens (tertiary/aromatic N) is 3. The highest BCUT2D eigenvalue weighted by Gasteiger charge is 2.28. The Hall–Kier alpha value is -2.21. The molecule has 0 spiro atoms. The molecule has 2 aliphatic rings. The van der Waals surface area contributed by atoms with Crippen LogP contribution in [0.4, 0.5) is 4.39 Å². The molecule has 4 rings (SSSR count). The van der Waals surface area contributed by atoms with E-state index in [-0.39, 0.29) is 11.7 Å². The normalized spacial score (nSPS) is 19.8. The number of carbonyl (C=O) groups is 1. The first kappa shape index (κ1) is 19.1. The van der Waals surface area contributed by atoms with Gasteiger partial charge in [-0.25, -0.2) is 9.07 Å². The van der Waals surface area contributed by atoms with Crippen molar-refractivity contribution < 1.29 is 9.18 Å². The van der Waals surface area contributed by atoms with Crippen LogP contribution in [-0.2, 0) is 12.8 Å². The van der Waals surface area contributed by atoms with Gasteiger partial charge in [0.05, 0.1) is 5.69 Å². The van der Waals surface area contributed by atoms with Crippen molar-refractivity contribution in [3.05, 3.63) is 47.0 Å². The lowest BCUT2D eigenvalue weighted by Crippen LogP contribution is -2.43. The molecule has 5 nitrogen and oxygen atoms in total. The molecule has 1 aromatic carbocycles. The van der Waals surface area contributed by atoms with E-state index in [0.29, 0.717) is 24.2 Å². The molecule has 1 fully saturated rings. The second-order valence-electron chi connectivity index (χ2n) is 8.32. The summed E-state index contributed by atoms with van der Waals surface area (Å²) in [4.78, 5) is 15.4. The number of piperidine rings is 1. The predicted molar refractivity (Wildman–Crippen MR) is 107 cm³/mol. The molecule has 28 heavy (non-hydrogen) atoms. The van der Waals surface area contributed by atoms with Crippen LogP contribution in [0.25, 0.3) is 5.69 Å². The highest BCUT2D eigenvalue weighted by molar-refractivity contribution is 5.94. The van der Waals surface area contributed by atoms with E-state index in [9.17, 15) is 9.18 Å². The average Bonchev–Trinajstić information content (AvgIpc) is 3.30. The number of fused-ring (bicyclic) bond motifs is 1. The van der Waals surface area contributed by atoms with Gasteiger partial charge in [0.1, 0.15) is 5.82 Å². The van der Waals surface area contributed by atoms with Gasteiger partial charge in [-0.1, -0.05) is 0 Å². The van der Waals surface area contributed by atoms with Crippen molar-refractivity contribution >= 4 is 5.91 Å². The molecular weight excluding hydrogens is 355 g/mol. The van der Waals surface area contributed by atoms with Crippen molar-refractivity contribution in [3.8, 4) is 5.69 Å². The van der Waals surface area contributed by atoms with Crippen molar-refractivity contribution in [2.75, 3.05) is 19.6 Å². The molecule has 2 aromatic rings. The highest BCUT2D eigenvalue weighted by atomic mass is 19.1. The van der Waals surface area contributed by atoms with Crippen LogP contribution in [0.1, 0.15) is 54.9 Å². The van der Waals surface area contributed by atoms with Crippen LogP contribution >= 0.6 is 0 Å². The zero-order valence-electron chi connectivity index (χ0n) is 16.7. The van der Waals surface area contributed by atoms with Gasteiger partial charge in [0.25, 0.3) is 5.91 Å².